The Labute approximate surface area is 625 Å². The molecule has 0 fully saturated rings. The van der Waals surface area contributed by atoms with Crippen LogP contribution in [0.4, 0.5) is 43.9 Å². The van der Waals surface area contributed by atoms with Gasteiger partial charge in [0, 0.05) is 49.6 Å². The van der Waals surface area contributed by atoms with Crippen LogP contribution in [0.5, 0.6) is 0 Å². The Hall–Kier alpha value is -8.88. The molecule has 1 unspecified atom stereocenters. The molecule has 0 aromatic heterocycles. The van der Waals surface area contributed by atoms with E-state index in [1.54, 1.807) is 54.6 Å². The number of benzene rings is 12. The summed E-state index contributed by atoms with van der Waals surface area (Å²) in [5.74, 6) is -5.77. The zero-order chi connectivity index (χ0) is 78.6. The maximum absolute atomic E-state index is 15.1. The highest BCUT2D eigenvalue weighted by Gasteiger charge is 2.58. The summed E-state index contributed by atoms with van der Waals surface area (Å²) in [5, 5.41) is -6.50. The van der Waals surface area contributed by atoms with E-state index in [-0.39, 0.29) is 38.9 Å². The van der Waals surface area contributed by atoms with Crippen LogP contribution in [0.1, 0.15) is 66.8 Å². The van der Waals surface area contributed by atoms with Gasteiger partial charge in [0.15, 0.2) is 0 Å². The van der Waals surface area contributed by atoms with Crippen LogP contribution in [0.3, 0.4) is 0 Å². The van der Waals surface area contributed by atoms with E-state index >= 15 is 4.39 Å². The molecule has 12 rings (SSSR count). The zero-order valence-electron chi connectivity index (χ0n) is 57.1. The molecule has 28 heteroatoms. The topological polar surface area (TPSA) is 186 Å². The Morgan fingerprint density at radius 2 is 0.407 bits per heavy atom. The third-order valence-corrected chi connectivity index (χ3v) is 26.7. The third kappa shape index (κ3) is 16.5. The van der Waals surface area contributed by atoms with Crippen LogP contribution in [-0.2, 0) is 57.0 Å². The number of rotatable bonds is 20. The maximum Gasteiger partial charge on any atom is 0.349 e. The van der Waals surface area contributed by atoms with E-state index in [2.05, 4.69) is 0 Å². The summed E-state index contributed by atoms with van der Waals surface area (Å²) >= 11 is 12.1. The average Bonchev–Trinajstić information content (AvgIpc) is 0.721. The van der Waals surface area contributed by atoms with E-state index in [0.717, 1.165) is 66.7 Å². The van der Waals surface area contributed by atoms with Crippen LogP contribution >= 0.6 is 53.6 Å². The minimum absolute atomic E-state index is 0.0102. The lowest BCUT2D eigenvalue weighted by atomic mass is 9.83. The van der Waals surface area contributed by atoms with Gasteiger partial charge in [-0.05, 0) is 189 Å². The lowest BCUT2D eigenvalue weighted by molar-refractivity contribution is 0.257. The van der Waals surface area contributed by atoms with Crippen molar-refractivity contribution < 1.29 is 99.8 Å². The molecule has 12 nitrogen and oxygen atoms in total. The number of hydrogen-bond donors (Lipinski definition) is 4. The molecular weight excluding hydrogens is 1540 g/mol. The minimum atomic E-state index is -5.11. The van der Waals surface area contributed by atoms with Crippen LogP contribution in [0.15, 0.2) is 291 Å². The van der Waals surface area contributed by atoms with Crippen LogP contribution in [-0.4, -0.2) is 48.0 Å². The Bertz CT molecular complexity index is 4900. The van der Waals surface area contributed by atoms with Crippen LogP contribution < -0.4 is 0 Å². The Kier molecular flexibility index (Phi) is 26.8. The smallest absolute Gasteiger partial charge is 0.323 e. The first kappa shape index (κ1) is 83.2. The molecule has 108 heavy (non-hydrogen) atoms. The second kappa shape index (κ2) is 34.8. The van der Waals surface area contributed by atoms with Gasteiger partial charge in [-0.15, -0.1) is 0 Å². The molecule has 0 amide bonds. The van der Waals surface area contributed by atoms with Crippen molar-refractivity contribution in [1.29, 1.82) is 0 Å². The van der Waals surface area contributed by atoms with Gasteiger partial charge in [0.1, 0.15) is 78.8 Å². The predicted molar refractivity (Wildman–Crippen MR) is 394 cm³/mol. The number of hydrogen-bond acceptors (Lipinski definition) is 8. The summed E-state index contributed by atoms with van der Waals surface area (Å²) in [6, 6.07) is 63.5. The third-order valence-electron chi connectivity index (χ3n) is 17.8. The molecule has 0 spiro atoms. The highest BCUT2D eigenvalue weighted by Crippen LogP contribution is 2.72. The monoisotopic (exact) mass is 1600 g/mol. The second-order valence-electron chi connectivity index (χ2n) is 23.7. The quantitative estimate of drug-likeness (QED) is 0.0322. The van der Waals surface area contributed by atoms with Crippen molar-refractivity contribution in [3.63, 3.8) is 0 Å². The largest absolute Gasteiger partial charge is 0.349 e. The molecule has 0 radical (unpaired) electrons. The minimum Gasteiger partial charge on any atom is -0.323 e. The predicted octanol–water partition coefficient (Wildman–Crippen LogP) is 21.9. The molecule has 0 aliphatic heterocycles. The maximum atomic E-state index is 15.1. The van der Waals surface area contributed by atoms with Crippen molar-refractivity contribution in [3.8, 4) is 0 Å². The number of halogens is 12. The summed E-state index contributed by atoms with van der Waals surface area (Å²) < 4.78 is 213. The fourth-order valence-corrected chi connectivity index (χ4v) is 20.4. The van der Waals surface area contributed by atoms with E-state index in [4.69, 9.17) is 41.3 Å². The summed E-state index contributed by atoms with van der Waals surface area (Å²) in [6.45, 7) is 0. The Balaban J connectivity index is 0.000000166. The van der Waals surface area contributed by atoms with Gasteiger partial charge in [0.25, 0.3) is 0 Å². The summed E-state index contributed by atoms with van der Waals surface area (Å²) in [7, 11) is -13.0. The Morgan fingerprint density at radius 3 is 0.611 bits per heavy atom. The molecule has 0 heterocycles. The fourth-order valence-electron chi connectivity index (χ4n) is 13.0. The standard InChI is InChI=1S/2C21H18ClF2O3P.2C19H14F3O3P/c1-26-28(25,27-2)21(15-3-9-18(22)10-4-15,16-5-11-19(23)12-6-16)17-7-13-20(24)14-8-17;1-26-28(25,27-2)21(15-7-11-17(22)12-8-15,16-9-13-18(23)14-10-16)19-5-3-4-6-20(19)24;20-16-7-1-13(2-8-16)19(26(23,24)25,14-3-9-17(21)10-4-14)15-5-11-18(22)12-6-15;20-15-9-5-13(6-10-15)19(26(23,24)25,14-7-11-16(21)12-8-14)17-3-1-2-4-18(17)22/h2*3-14H,1-2H3;2*1-12H,(H2,23,24,25). The molecule has 4 N–H and O–H groups in total. The first-order chi connectivity index (χ1) is 51.3. The molecule has 0 aliphatic carbocycles. The van der Waals surface area contributed by atoms with Crippen LogP contribution in [0, 0.1) is 58.2 Å². The molecular formula is C80H64Cl2F10O12P4. The van der Waals surface area contributed by atoms with Gasteiger partial charge in [-0.1, -0.05) is 181 Å². The fraction of sp³-hybridized carbons (Fsp3) is 0.100. The SMILES string of the molecule is COP(=O)(OC)C(c1ccc(F)cc1)(c1ccc(Cl)cc1)c1ccccc1F.COP(=O)(OC)C(c1ccc(F)cc1)(c1ccc(F)cc1)c1ccc(Cl)cc1.O=P(O)(O)C(c1ccc(F)cc1)(c1ccc(F)cc1)c1ccc(F)cc1.O=P(O)(O)C(c1ccc(F)cc1)(c1ccc(F)cc1)c1ccccc1F. The average molecular weight is 1600 g/mol. The van der Waals surface area contributed by atoms with Gasteiger partial charge in [-0.3, -0.25) is 18.3 Å². The van der Waals surface area contributed by atoms with Crippen LogP contribution in [0.25, 0.3) is 0 Å². The van der Waals surface area contributed by atoms with Crippen molar-refractivity contribution in [2.45, 2.75) is 20.6 Å². The molecule has 560 valence electrons. The van der Waals surface area contributed by atoms with Crippen molar-refractivity contribution >= 4 is 53.6 Å². The lowest BCUT2D eigenvalue weighted by Crippen LogP contribution is -2.32. The van der Waals surface area contributed by atoms with Gasteiger partial charge in [0.05, 0.1) is 0 Å². The van der Waals surface area contributed by atoms with E-state index in [1.165, 1.54) is 198 Å². The molecule has 0 saturated carbocycles. The van der Waals surface area contributed by atoms with E-state index in [0.29, 0.717) is 37.9 Å². The normalized spacial score (nSPS) is 12.6. The molecule has 0 aliphatic rings. The summed E-state index contributed by atoms with van der Waals surface area (Å²) in [6.07, 6.45) is 0. The highest BCUT2D eigenvalue weighted by molar-refractivity contribution is 7.56. The van der Waals surface area contributed by atoms with Crippen molar-refractivity contribution in [1.82, 2.24) is 0 Å². The molecule has 0 bridgehead atoms. The van der Waals surface area contributed by atoms with Gasteiger partial charge < -0.3 is 37.7 Å². The second-order valence-corrected chi connectivity index (χ2v) is 32.9. The van der Waals surface area contributed by atoms with E-state index in [9.17, 15) is 77.3 Å². The van der Waals surface area contributed by atoms with Gasteiger partial charge in [-0.25, -0.2) is 43.9 Å². The first-order valence-corrected chi connectivity index (χ1v) is 39.0. The van der Waals surface area contributed by atoms with Crippen molar-refractivity contribution in [2.75, 3.05) is 28.4 Å². The lowest BCUT2D eigenvalue weighted by Gasteiger charge is -2.39. The highest BCUT2D eigenvalue weighted by atomic mass is 35.5. The van der Waals surface area contributed by atoms with E-state index in [1.807, 2.05) is 0 Å². The molecule has 12 aromatic carbocycles. The van der Waals surface area contributed by atoms with Gasteiger partial charge >= 0.3 is 30.4 Å². The molecule has 12 aromatic rings. The van der Waals surface area contributed by atoms with Gasteiger partial charge in [0.2, 0.25) is 0 Å². The zero-order valence-corrected chi connectivity index (χ0v) is 62.2. The van der Waals surface area contributed by atoms with E-state index < -0.39 is 109 Å². The van der Waals surface area contributed by atoms with Crippen LogP contribution in [0.2, 0.25) is 10.0 Å². The van der Waals surface area contributed by atoms with Crippen molar-refractivity contribution in [3.05, 3.63) is 426 Å². The molecule has 0 saturated heterocycles. The first-order valence-electron chi connectivity index (χ1n) is 31.9. The molecule has 1 atom stereocenters. The Morgan fingerprint density at radius 1 is 0.241 bits per heavy atom. The summed E-state index contributed by atoms with van der Waals surface area (Å²) in [5.41, 5.74) is 2.35. The van der Waals surface area contributed by atoms with Crippen molar-refractivity contribution in [2.24, 2.45) is 0 Å². The summed E-state index contributed by atoms with van der Waals surface area (Å²) in [4.78, 5) is 41.3. The van der Waals surface area contributed by atoms with Gasteiger partial charge in [-0.2, -0.15) is 0 Å².